The zero-order valence-electron chi connectivity index (χ0n) is 14.8. The average Bonchev–Trinajstić information content (AvgIpc) is 3.14. The molecule has 1 N–H and O–H groups in total. The standard InChI is InChI=1S/C18H20Cl2N4O3/c1-12(18(26)27)24-6-5-16(21-24)17(25)23-9-7-22(8-10-23)11-13-14(19)3-2-4-15(13)20/h2-6,12H,7-11H2,1H3,(H,26,27). The number of hydrogen-bond donors (Lipinski definition) is 1. The third-order valence-electron chi connectivity index (χ3n) is 4.68. The van der Waals surface area contributed by atoms with Gasteiger partial charge < -0.3 is 10.0 Å². The summed E-state index contributed by atoms with van der Waals surface area (Å²) in [6.45, 7) is 4.65. The van der Waals surface area contributed by atoms with E-state index in [-0.39, 0.29) is 11.6 Å². The number of aliphatic carboxylic acids is 1. The van der Waals surface area contributed by atoms with Crippen LogP contribution >= 0.6 is 23.2 Å². The van der Waals surface area contributed by atoms with Crippen molar-refractivity contribution >= 4 is 35.1 Å². The first kappa shape index (κ1) is 19.7. The van der Waals surface area contributed by atoms with Crippen molar-refractivity contribution in [3.8, 4) is 0 Å². The van der Waals surface area contributed by atoms with Crippen molar-refractivity contribution in [3.63, 3.8) is 0 Å². The molecule has 3 rings (SSSR count). The van der Waals surface area contributed by atoms with Gasteiger partial charge in [-0.25, -0.2) is 4.79 Å². The third kappa shape index (κ3) is 4.43. The number of nitrogens with zero attached hydrogens (tertiary/aromatic N) is 4. The van der Waals surface area contributed by atoms with Gasteiger partial charge in [0.15, 0.2) is 0 Å². The summed E-state index contributed by atoms with van der Waals surface area (Å²) in [4.78, 5) is 27.6. The predicted molar refractivity (Wildman–Crippen MR) is 102 cm³/mol. The molecule has 1 unspecified atom stereocenters. The number of benzene rings is 1. The summed E-state index contributed by atoms with van der Waals surface area (Å²) in [5, 5.41) is 14.4. The molecule has 27 heavy (non-hydrogen) atoms. The first-order chi connectivity index (χ1) is 12.9. The van der Waals surface area contributed by atoms with E-state index >= 15 is 0 Å². The fourth-order valence-corrected chi connectivity index (χ4v) is 3.48. The van der Waals surface area contributed by atoms with Gasteiger partial charge in [-0.2, -0.15) is 5.10 Å². The largest absolute Gasteiger partial charge is 0.480 e. The van der Waals surface area contributed by atoms with E-state index in [2.05, 4.69) is 10.00 Å². The fourth-order valence-electron chi connectivity index (χ4n) is 2.96. The van der Waals surface area contributed by atoms with Gasteiger partial charge in [0.05, 0.1) is 0 Å². The highest BCUT2D eigenvalue weighted by molar-refractivity contribution is 6.35. The van der Waals surface area contributed by atoms with Crippen molar-refractivity contribution in [1.82, 2.24) is 19.6 Å². The maximum absolute atomic E-state index is 12.6. The molecule has 1 atom stereocenters. The van der Waals surface area contributed by atoms with Crippen LogP contribution in [0.2, 0.25) is 10.0 Å². The molecule has 2 aromatic rings. The molecule has 1 aromatic heterocycles. The number of rotatable bonds is 5. The van der Waals surface area contributed by atoms with Crippen LogP contribution < -0.4 is 0 Å². The molecule has 1 fully saturated rings. The molecule has 1 saturated heterocycles. The van der Waals surface area contributed by atoms with E-state index in [9.17, 15) is 9.59 Å². The van der Waals surface area contributed by atoms with Crippen molar-refractivity contribution in [2.24, 2.45) is 0 Å². The Kier molecular flexibility index (Phi) is 6.04. The van der Waals surface area contributed by atoms with Gasteiger partial charge in [0.1, 0.15) is 11.7 Å². The Morgan fingerprint density at radius 2 is 1.78 bits per heavy atom. The summed E-state index contributed by atoms with van der Waals surface area (Å²) in [6, 6.07) is 6.18. The lowest BCUT2D eigenvalue weighted by Gasteiger charge is -2.34. The van der Waals surface area contributed by atoms with Gasteiger partial charge in [0, 0.05) is 54.5 Å². The molecule has 7 nitrogen and oxygen atoms in total. The van der Waals surface area contributed by atoms with Crippen LogP contribution in [0, 0.1) is 0 Å². The van der Waals surface area contributed by atoms with E-state index in [1.165, 1.54) is 17.8 Å². The molecule has 1 aliphatic heterocycles. The van der Waals surface area contributed by atoms with Gasteiger partial charge in [-0.1, -0.05) is 29.3 Å². The van der Waals surface area contributed by atoms with Crippen LogP contribution in [0.25, 0.3) is 0 Å². The second-order valence-electron chi connectivity index (χ2n) is 6.46. The van der Waals surface area contributed by atoms with Crippen LogP contribution in [0.15, 0.2) is 30.5 Å². The van der Waals surface area contributed by atoms with E-state index < -0.39 is 12.0 Å². The van der Waals surface area contributed by atoms with Crippen LogP contribution in [0.1, 0.15) is 29.0 Å². The van der Waals surface area contributed by atoms with Gasteiger partial charge in [0.25, 0.3) is 5.91 Å². The third-order valence-corrected chi connectivity index (χ3v) is 5.39. The number of aromatic nitrogens is 2. The molecule has 1 amide bonds. The van der Waals surface area contributed by atoms with Gasteiger partial charge in [-0.05, 0) is 25.1 Å². The number of hydrogen-bond acceptors (Lipinski definition) is 4. The summed E-state index contributed by atoms with van der Waals surface area (Å²) in [5.74, 6) is -1.19. The molecule has 0 saturated carbocycles. The Bertz CT molecular complexity index is 827. The Morgan fingerprint density at radius 1 is 1.15 bits per heavy atom. The van der Waals surface area contributed by atoms with Gasteiger partial charge >= 0.3 is 5.97 Å². The molecular weight excluding hydrogens is 391 g/mol. The average molecular weight is 411 g/mol. The smallest absolute Gasteiger partial charge is 0.328 e. The molecule has 1 aromatic carbocycles. The number of amides is 1. The highest BCUT2D eigenvalue weighted by Gasteiger charge is 2.25. The molecule has 2 heterocycles. The summed E-state index contributed by atoms with van der Waals surface area (Å²) in [5.41, 5.74) is 1.15. The highest BCUT2D eigenvalue weighted by atomic mass is 35.5. The topological polar surface area (TPSA) is 78.7 Å². The quantitative estimate of drug-likeness (QED) is 0.819. The number of carboxylic acid groups (broad SMARTS) is 1. The van der Waals surface area contributed by atoms with E-state index in [1.54, 1.807) is 11.0 Å². The monoisotopic (exact) mass is 410 g/mol. The number of piperazine rings is 1. The van der Waals surface area contributed by atoms with Crippen molar-refractivity contribution in [2.45, 2.75) is 19.5 Å². The molecule has 144 valence electrons. The lowest BCUT2D eigenvalue weighted by atomic mass is 10.2. The molecule has 0 bridgehead atoms. The molecule has 0 aliphatic carbocycles. The molecule has 9 heteroatoms. The van der Waals surface area contributed by atoms with Crippen LogP contribution in [0.4, 0.5) is 0 Å². The Hall–Kier alpha value is -2.09. The number of carbonyl (C=O) groups excluding carboxylic acids is 1. The molecule has 0 spiro atoms. The molecule has 0 radical (unpaired) electrons. The highest BCUT2D eigenvalue weighted by Crippen LogP contribution is 2.26. The minimum atomic E-state index is -0.996. The van der Waals surface area contributed by atoms with Crippen molar-refractivity contribution in [3.05, 3.63) is 51.8 Å². The first-order valence-electron chi connectivity index (χ1n) is 8.59. The van der Waals surface area contributed by atoms with Crippen molar-refractivity contribution in [1.29, 1.82) is 0 Å². The Labute approximate surface area is 167 Å². The number of halogens is 2. The van der Waals surface area contributed by atoms with E-state index in [0.29, 0.717) is 42.8 Å². The maximum atomic E-state index is 12.6. The Morgan fingerprint density at radius 3 is 2.37 bits per heavy atom. The van der Waals surface area contributed by atoms with Crippen LogP contribution in [-0.2, 0) is 11.3 Å². The lowest BCUT2D eigenvalue weighted by molar-refractivity contribution is -0.140. The van der Waals surface area contributed by atoms with Gasteiger partial charge in [-0.3, -0.25) is 14.4 Å². The number of carbonyl (C=O) groups is 2. The maximum Gasteiger partial charge on any atom is 0.328 e. The van der Waals surface area contributed by atoms with E-state index in [1.807, 2.05) is 18.2 Å². The van der Waals surface area contributed by atoms with Crippen LogP contribution in [-0.4, -0.2) is 62.7 Å². The predicted octanol–water partition coefficient (Wildman–Crippen LogP) is 2.79. The lowest BCUT2D eigenvalue weighted by Crippen LogP contribution is -2.48. The summed E-state index contributed by atoms with van der Waals surface area (Å²) in [6.07, 6.45) is 1.52. The van der Waals surface area contributed by atoms with E-state index in [4.69, 9.17) is 28.3 Å². The zero-order valence-corrected chi connectivity index (χ0v) is 16.3. The minimum absolute atomic E-state index is 0.193. The second kappa shape index (κ2) is 8.29. The minimum Gasteiger partial charge on any atom is -0.480 e. The van der Waals surface area contributed by atoms with E-state index in [0.717, 1.165) is 5.56 Å². The first-order valence-corrected chi connectivity index (χ1v) is 9.35. The SMILES string of the molecule is CC(C(=O)O)n1ccc(C(=O)N2CCN(Cc3c(Cl)cccc3Cl)CC2)n1. The van der Waals surface area contributed by atoms with Gasteiger partial charge in [0.2, 0.25) is 0 Å². The zero-order chi connectivity index (χ0) is 19.6. The van der Waals surface area contributed by atoms with Crippen LogP contribution in [0.5, 0.6) is 0 Å². The second-order valence-corrected chi connectivity index (χ2v) is 7.28. The Balaban J connectivity index is 1.59. The summed E-state index contributed by atoms with van der Waals surface area (Å²) < 4.78 is 1.28. The van der Waals surface area contributed by atoms with Crippen molar-refractivity contribution < 1.29 is 14.7 Å². The number of carboxylic acids is 1. The molecular formula is C18H20Cl2N4O3. The van der Waals surface area contributed by atoms with Crippen LogP contribution in [0.3, 0.4) is 0 Å². The summed E-state index contributed by atoms with van der Waals surface area (Å²) >= 11 is 12.5. The normalized spacial score (nSPS) is 16.3. The van der Waals surface area contributed by atoms with Gasteiger partial charge in [-0.15, -0.1) is 0 Å². The fraction of sp³-hybridized carbons (Fsp3) is 0.389. The molecule has 1 aliphatic rings. The summed E-state index contributed by atoms with van der Waals surface area (Å²) in [7, 11) is 0. The van der Waals surface area contributed by atoms with Crippen molar-refractivity contribution in [2.75, 3.05) is 26.2 Å².